The number of aromatic nitrogens is 2. The average Bonchev–Trinajstić information content (AvgIpc) is 3.15. The molecular weight excluding hydrogens is 664 g/mol. The first-order valence-electron chi connectivity index (χ1n) is 16.6. The molecule has 4 N–H and O–H groups in total. The Balaban J connectivity index is 1.16. The first kappa shape index (κ1) is 35.0. The number of carbonyl (C=O) groups excluding carboxylic acids is 5. The zero-order chi connectivity index (χ0) is 36.3. The highest BCUT2D eigenvalue weighted by Crippen LogP contribution is 2.20. The predicted molar refractivity (Wildman–Crippen MR) is 194 cm³/mol. The number of rotatable bonds is 0. The Hall–Kier alpha value is -6.89. The summed E-state index contributed by atoms with van der Waals surface area (Å²) in [5.41, 5.74) is 1.39. The minimum absolute atomic E-state index is 0.160. The van der Waals surface area contributed by atoms with E-state index in [4.69, 9.17) is 9.47 Å². The predicted octanol–water partition coefficient (Wildman–Crippen LogP) is 6.12. The van der Waals surface area contributed by atoms with Crippen molar-refractivity contribution in [3.8, 4) is 11.5 Å². The van der Waals surface area contributed by atoms with Crippen LogP contribution < -0.4 is 30.7 Å². The molecule has 5 aromatic rings. The average molecular weight is 699 g/mol. The van der Waals surface area contributed by atoms with Crippen LogP contribution in [0.2, 0.25) is 0 Å². The summed E-state index contributed by atoms with van der Waals surface area (Å²) in [4.78, 5) is 73.0. The first-order chi connectivity index (χ1) is 25.3. The van der Waals surface area contributed by atoms with Crippen LogP contribution in [-0.4, -0.2) is 52.6 Å². The van der Waals surface area contributed by atoms with Gasteiger partial charge in [0.15, 0.2) is 5.78 Å². The summed E-state index contributed by atoms with van der Waals surface area (Å²) < 4.78 is 11.5. The van der Waals surface area contributed by atoms with Crippen molar-refractivity contribution in [1.82, 2.24) is 9.97 Å². The number of benzene rings is 3. The van der Waals surface area contributed by atoms with Crippen LogP contribution in [0, 0.1) is 0 Å². The monoisotopic (exact) mass is 698 g/mol. The summed E-state index contributed by atoms with van der Waals surface area (Å²) in [7, 11) is 0. The van der Waals surface area contributed by atoms with Gasteiger partial charge in [-0.1, -0.05) is 18.2 Å². The third-order valence-corrected chi connectivity index (χ3v) is 7.77. The Labute approximate surface area is 298 Å². The quantitative estimate of drug-likeness (QED) is 0.148. The Morgan fingerprint density at radius 2 is 0.827 bits per heavy atom. The van der Waals surface area contributed by atoms with Crippen LogP contribution in [0.25, 0.3) is 0 Å². The summed E-state index contributed by atoms with van der Waals surface area (Å²) in [6.07, 6.45) is 1.18. The standard InChI is InChI=1S/C39H34N6O7/c46-35-12-4-22-51-29-18-14-25(15-19-29)37(48)26-16-20-30(21-17-26)52-23-5-13-36(47)43-32-9-3-11-34(41-32)45-39(50)28-7-1-6-27(24-28)38(49)44-33-10-2-8-31(40-33)42-35/h1-3,6-11,14-21,24H,4-5,12-13,22-23H2,(H2,40,42,44,46,49)(H2,41,43,45,47,50). The maximum Gasteiger partial charge on any atom is 0.256 e. The SMILES string of the molecule is O=C1CCCOc2ccc(cc2)C(=O)c2ccc(cc2)OCCCC(=O)Nc2cccc(n2)NC(=O)c2cccc(c2)C(=O)Nc2cccc(n2)N1. The molecule has 3 aromatic carbocycles. The number of hydrogen-bond donors (Lipinski definition) is 4. The minimum atomic E-state index is -0.511. The number of ketones is 1. The second-order valence-electron chi connectivity index (χ2n) is 11.7. The van der Waals surface area contributed by atoms with Gasteiger partial charge >= 0.3 is 0 Å². The minimum Gasteiger partial charge on any atom is -0.494 e. The van der Waals surface area contributed by atoms with Gasteiger partial charge < -0.3 is 30.7 Å². The summed E-state index contributed by atoms with van der Waals surface area (Å²) >= 11 is 0. The molecule has 8 rings (SSSR count). The molecular formula is C39H34N6O7. The third kappa shape index (κ3) is 9.63. The lowest BCUT2D eigenvalue weighted by atomic mass is 10.0. The molecule has 0 atom stereocenters. The summed E-state index contributed by atoms with van der Waals surface area (Å²) in [6.45, 7) is 0.548. The number of fused-ring (bicyclic) bond motifs is 2. The molecule has 0 saturated carbocycles. The first-order valence-corrected chi connectivity index (χ1v) is 16.6. The highest BCUT2D eigenvalue weighted by molar-refractivity contribution is 6.09. The number of nitrogens with zero attached hydrogens (tertiary/aromatic N) is 2. The van der Waals surface area contributed by atoms with Crippen molar-refractivity contribution >= 4 is 52.7 Å². The number of pyridine rings is 2. The molecule has 0 fully saturated rings. The zero-order valence-corrected chi connectivity index (χ0v) is 27.9. The lowest BCUT2D eigenvalue weighted by molar-refractivity contribution is -0.117. The van der Waals surface area contributed by atoms with Crippen LogP contribution in [-0.2, 0) is 9.59 Å². The Bertz CT molecular complexity index is 1960. The molecule has 5 heterocycles. The number of nitrogens with one attached hydrogen (secondary N) is 4. The van der Waals surface area contributed by atoms with Gasteiger partial charge in [0.25, 0.3) is 11.8 Å². The number of anilines is 4. The molecule has 0 saturated heterocycles. The van der Waals surface area contributed by atoms with Gasteiger partial charge in [0.1, 0.15) is 34.8 Å². The summed E-state index contributed by atoms with van der Waals surface area (Å²) in [5.74, 6) is 0.287. The van der Waals surface area contributed by atoms with E-state index in [1.165, 1.54) is 6.07 Å². The van der Waals surface area contributed by atoms with Gasteiger partial charge in [-0.05, 0) is 104 Å². The molecule has 0 radical (unpaired) electrons. The summed E-state index contributed by atoms with van der Waals surface area (Å²) in [5, 5.41) is 10.8. The molecule has 13 heteroatoms. The van der Waals surface area contributed by atoms with E-state index < -0.39 is 11.8 Å². The second-order valence-corrected chi connectivity index (χ2v) is 11.7. The van der Waals surface area contributed by atoms with Crippen LogP contribution >= 0.6 is 0 Å². The fourth-order valence-electron chi connectivity index (χ4n) is 5.15. The van der Waals surface area contributed by atoms with E-state index in [0.29, 0.717) is 35.5 Å². The molecule has 262 valence electrons. The van der Waals surface area contributed by atoms with Gasteiger partial charge in [-0.2, -0.15) is 0 Å². The number of hydrogen-bond acceptors (Lipinski definition) is 9. The molecule has 13 nitrogen and oxygen atoms in total. The highest BCUT2D eigenvalue weighted by atomic mass is 16.5. The van der Waals surface area contributed by atoms with Crippen molar-refractivity contribution in [2.45, 2.75) is 25.7 Å². The Morgan fingerprint density at radius 3 is 1.25 bits per heavy atom. The van der Waals surface area contributed by atoms with Gasteiger partial charge in [0.05, 0.1) is 13.2 Å². The molecule has 0 unspecified atom stereocenters. The van der Waals surface area contributed by atoms with Crippen molar-refractivity contribution in [3.63, 3.8) is 0 Å². The fraction of sp³-hybridized carbons (Fsp3) is 0.154. The van der Waals surface area contributed by atoms with Crippen molar-refractivity contribution in [2.75, 3.05) is 34.5 Å². The van der Waals surface area contributed by atoms with Gasteiger partial charge in [-0.15, -0.1) is 0 Å². The van der Waals surface area contributed by atoms with Crippen LogP contribution in [0.3, 0.4) is 0 Å². The molecule has 10 bridgehead atoms. The Kier molecular flexibility index (Phi) is 11.2. The van der Waals surface area contributed by atoms with Crippen molar-refractivity contribution in [2.24, 2.45) is 0 Å². The molecule has 4 amide bonds. The lowest BCUT2D eigenvalue weighted by Gasteiger charge is -2.10. The Morgan fingerprint density at radius 1 is 0.442 bits per heavy atom. The number of carbonyl (C=O) groups is 5. The lowest BCUT2D eigenvalue weighted by Crippen LogP contribution is -2.18. The van der Waals surface area contributed by atoms with E-state index in [0.717, 1.165) is 0 Å². The van der Waals surface area contributed by atoms with E-state index in [1.54, 1.807) is 103 Å². The third-order valence-electron chi connectivity index (χ3n) is 7.77. The van der Waals surface area contributed by atoms with E-state index in [1.807, 2.05) is 0 Å². The van der Waals surface area contributed by atoms with E-state index >= 15 is 0 Å². The normalized spacial score (nSPS) is 14.8. The van der Waals surface area contributed by atoms with E-state index in [-0.39, 0.29) is 78.1 Å². The zero-order valence-electron chi connectivity index (χ0n) is 27.9. The molecule has 0 spiro atoms. The number of ether oxygens (including phenoxy) is 2. The van der Waals surface area contributed by atoms with Crippen molar-refractivity contribution in [3.05, 3.63) is 131 Å². The van der Waals surface area contributed by atoms with Gasteiger partial charge in [0.2, 0.25) is 11.8 Å². The highest BCUT2D eigenvalue weighted by Gasteiger charge is 2.15. The smallest absolute Gasteiger partial charge is 0.256 e. The van der Waals surface area contributed by atoms with Crippen LogP contribution in [0.15, 0.2) is 109 Å². The van der Waals surface area contributed by atoms with E-state index in [9.17, 15) is 24.0 Å². The van der Waals surface area contributed by atoms with Gasteiger partial charge in [-0.25, -0.2) is 9.97 Å². The maximum absolute atomic E-state index is 13.1. The number of amides is 4. The van der Waals surface area contributed by atoms with Crippen LogP contribution in [0.4, 0.5) is 23.3 Å². The van der Waals surface area contributed by atoms with Crippen molar-refractivity contribution in [1.29, 1.82) is 0 Å². The molecule has 3 aliphatic heterocycles. The maximum atomic E-state index is 13.1. The van der Waals surface area contributed by atoms with Crippen molar-refractivity contribution < 1.29 is 33.4 Å². The molecule has 52 heavy (non-hydrogen) atoms. The van der Waals surface area contributed by atoms with Crippen LogP contribution in [0.5, 0.6) is 11.5 Å². The molecule has 3 aliphatic rings. The summed E-state index contributed by atoms with van der Waals surface area (Å²) in [6, 6.07) is 29.3. The largest absolute Gasteiger partial charge is 0.494 e. The van der Waals surface area contributed by atoms with Crippen LogP contribution in [0.1, 0.15) is 62.3 Å². The van der Waals surface area contributed by atoms with Gasteiger partial charge in [-0.3, -0.25) is 24.0 Å². The topological polar surface area (TPSA) is 178 Å². The second kappa shape index (κ2) is 16.7. The van der Waals surface area contributed by atoms with Gasteiger partial charge in [0, 0.05) is 35.1 Å². The van der Waals surface area contributed by atoms with E-state index in [2.05, 4.69) is 31.2 Å². The fourth-order valence-corrected chi connectivity index (χ4v) is 5.15. The molecule has 0 aliphatic carbocycles. The molecule has 2 aromatic heterocycles.